The minimum atomic E-state index is -0.0892. The molecule has 18 heavy (non-hydrogen) atoms. The Balaban J connectivity index is 2.29. The number of hydrogen-bond donors (Lipinski definition) is 1. The van der Waals surface area contributed by atoms with Gasteiger partial charge < -0.3 is 10.5 Å². The van der Waals surface area contributed by atoms with Gasteiger partial charge in [-0.2, -0.15) is 0 Å². The highest BCUT2D eigenvalue weighted by Gasteiger charge is 2.18. The van der Waals surface area contributed by atoms with Gasteiger partial charge >= 0.3 is 0 Å². The third-order valence-corrected chi connectivity index (χ3v) is 3.57. The molecule has 0 aliphatic rings. The smallest absolute Gasteiger partial charge is 0.134 e. The fourth-order valence-electron chi connectivity index (χ4n) is 1.73. The van der Waals surface area contributed by atoms with Crippen LogP contribution >= 0.6 is 11.3 Å². The van der Waals surface area contributed by atoms with Crippen LogP contribution in [0.2, 0.25) is 0 Å². The summed E-state index contributed by atoms with van der Waals surface area (Å²) < 4.78 is 5.81. The Bertz CT molecular complexity index is 482. The van der Waals surface area contributed by atoms with Crippen molar-refractivity contribution in [2.24, 2.45) is 5.73 Å². The Morgan fingerprint density at radius 1 is 1.33 bits per heavy atom. The molecule has 0 aliphatic heterocycles. The summed E-state index contributed by atoms with van der Waals surface area (Å²) in [6.07, 6.45) is -0.0892. The van der Waals surface area contributed by atoms with Crippen LogP contribution in [0.5, 0.6) is 0 Å². The van der Waals surface area contributed by atoms with Crippen LogP contribution in [-0.4, -0.2) is 11.6 Å². The first-order chi connectivity index (χ1) is 8.72. The van der Waals surface area contributed by atoms with Gasteiger partial charge in [-0.15, -0.1) is 11.3 Å². The predicted molar refractivity (Wildman–Crippen MR) is 74.6 cm³/mol. The van der Waals surface area contributed by atoms with Crippen molar-refractivity contribution >= 4 is 11.3 Å². The minimum Gasteiger partial charge on any atom is -0.367 e. The van der Waals surface area contributed by atoms with Crippen LogP contribution < -0.4 is 5.73 Å². The van der Waals surface area contributed by atoms with E-state index in [0.717, 1.165) is 16.3 Å². The first-order valence-electron chi connectivity index (χ1n) is 6.09. The number of ether oxygens (including phenoxy) is 1. The molecule has 1 heterocycles. The van der Waals surface area contributed by atoms with Gasteiger partial charge in [-0.25, -0.2) is 4.98 Å². The van der Waals surface area contributed by atoms with E-state index in [9.17, 15) is 0 Å². The van der Waals surface area contributed by atoms with Crippen LogP contribution in [0.15, 0.2) is 35.7 Å². The zero-order valence-corrected chi connectivity index (χ0v) is 11.5. The number of aromatic nitrogens is 1. The Labute approximate surface area is 112 Å². The Hall–Kier alpha value is -1.23. The summed E-state index contributed by atoms with van der Waals surface area (Å²) in [4.78, 5) is 4.57. The third-order valence-electron chi connectivity index (χ3n) is 2.67. The summed E-state index contributed by atoms with van der Waals surface area (Å²) >= 11 is 1.60. The van der Waals surface area contributed by atoms with Crippen LogP contribution in [0.25, 0.3) is 0 Å². The zero-order valence-electron chi connectivity index (χ0n) is 10.7. The minimum absolute atomic E-state index is 0.0342. The first-order valence-corrected chi connectivity index (χ1v) is 6.97. The van der Waals surface area contributed by atoms with Gasteiger partial charge in [0.2, 0.25) is 0 Å². The van der Waals surface area contributed by atoms with Gasteiger partial charge in [0, 0.05) is 18.0 Å². The Kier molecular flexibility index (Phi) is 4.47. The molecule has 2 aromatic rings. The summed E-state index contributed by atoms with van der Waals surface area (Å²) in [7, 11) is 0. The molecule has 0 fully saturated rings. The molecular formula is C14H18N2OS. The number of rotatable bonds is 5. The van der Waals surface area contributed by atoms with Crippen LogP contribution in [0.3, 0.4) is 0 Å². The first kappa shape index (κ1) is 13.2. The lowest BCUT2D eigenvalue weighted by Crippen LogP contribution is -2.08. The summed E-state index contributed by atoms with van der Waals surface area (Å²) in [6.45, 7) is 4.60. The van der Waals surface area contributed by atoms with Crippen LogP contribution in [0.4, 0.5) is 0 Å². The summed E-state index contributed by atoms with van der Waals surface area (Å²) in [5.74, 6) is 0. The number of hydrogen-bond acceptors (Lipinski definition) is 4. The second-order valence-electron chi connectivity index (χ2n) is 4.15. The molecule has 0 saturated carbocycles. The molecule has 0 spiro atoms. The molecule has 2 N–H and O–H groups in total. The molecule has 0 amide bonds. The molecule has 2 unspecified atom stereocenters. The molecule has 1 aromatic carbocycles. The van der Waals surface area contributed by atoms with Crippen molar-refractivity contribution in [2.75, 3.05) is 6.61 Å². The second-order valence-corrected chi connectivity index (χ2v) is 5.04. The normalized spacial score (nSPS) is 14.4. The second kappa shape index (κ2) is 6.09. The molecular weight excluding hydrogens is 244 g/mol. The molecule has 3 nitrogen and oxygen atoms in total. The SMILES string of the molecule is CCOC(c1ccccc1)c1nc(C(C)N)cs1. The number of benzene rings is 1. The summed E-state index contributed by atoms with van der Waals surface area (Å²) in [5, 5.41) is 2.98. The van der Waals surface area contributed by atoms with Crippen molar-refractivity contribution in [3.8, 4) is 0 Å². The molecule has 1 aromatic heterocycles. The van der Waals surface area contributed by atoms with E-state index in [-0.39, 0.29) is 12.1 Å². The van der Waals surface area contributed by atoms with Crippen LogP contribution in [0.1, 0.15) is 42.3 Å². The molecule has 0 bridgehead atoms. The van der Waals surface area contributed by atoms with Crippen molar-refractivity contribution in [3.63, 3.8) is 0 Å². The van der Waals surface area contributed by atoms with Crippen LogP contribution in [-0.2, 0) is 4.74 Å². The molecule has 96 valence electrons. The maximum absolute atomic E-state index is 5.84. The van der Waals surface area contributed by atoms with Gasteiger partial charge in [-0.05, 0) is 19.4 Å². The fourth-order valence-corrected chi connectivity index (χ4v) is 2.73. The van der Waals surface area contributed by atoms with Crippen molar-refractivity contribution in [1.82, 2.24) is 4.98 Å². The van der Waals surface area contributed by atoms with Gasteiger partial charge in [-0.3, -0.25) is 0 Å². The molecule has 4 heteroatoms. The van der Waals surface area contributed by atoms with Crippen molar-refractivity contribution < 1.29 is 4.74 Å². The highest BCUT2D eigenvalue weighted by molar-refractivity contribution is 7.09. The zero-order chi connectivity index (χ0) is 13.0. The van der Waals surface area contributed by atoms with Crippen molar-refractivity contribution in [1.29, 1.82) is 0 Å². The van der Waals surface area contributed by atoms with E-state index >= 15 is 0 Å². The topological polar surface area (TPSA) is 48.1 Å². The van der Waals surface area contributed by atoms with E-state index in [1.165, 1.54) is 0 Å². The molecule has 2 atom stereocenters. The van der Waals surface area contributed by atoms with E-state index in [4.69, 9.17) is 10.5 Å². The maximum Gasteiger partial charge on any atom is 0.134 e. The lowest BCUT2D eigenvalue weighted by Gasteiger charge is -2.14. The van der Waals surface area contributed by atoms with Gasteiger partial charge in [0.1, 0.15) is 11.1 Å². The highest BCUT2D eigenvalue weighted by Crippen LogP contribution is 2.29. The number of thiazole rings is 1. The molecule has 0 aliphatic carbocycles. The highest BCUT2D eigenvalue weighted by atomic mass is 32.1. The van der Waals surface area contributed by atoms with E-state index in [2.05, 4.69) is 17.1 Å². The maximum atomic E-state index is 5.84. The van der Waals surface area contributed by atoms with Gasteiger partial charge in [0.05, 0.1) is 5.69 Å². The van der Waals surface area contributed by atoms with E-state index in [1.54, 1.807) is 11.3 Å². The standard InChI is InChI=1S/C14H18N2OS/c1-3-17-13(11-7-5-4-6-8-11)14-16-12(9-18-14)10(2)15/h4-10,13H,3,15H2,1-2H3. The fraction of sp³-hybridized carbons (Fsp3) is 0.357. The van der Waals surface area contributed by atoms with E-state index in [0.29, 0.717) is 6.61 Å². The van der Waals surface area contributed by atoms with E-state index < -0.39 is 0 Å². The largest absolute Gasteiger partial charge is 0.367 e. The average molecular weight is 262 g/mol. The third kappa shape index (κ3) is 2.96. The van der Waals surface area contributed by atoms with Crippen molar-refractivity contribution in [2.45, 2.75) is 26.0 Å². The lowest BCUT2D eigenvalue weighted by molar-refractivity contribution is 0.0910. The summed E-state index contributed by atoms with van der Waals surface area (Å²) in [6, 6.07) is 10.1. The molecule has 0 saturated heterocycles. The van der Waals surface area contributed by atoms with Gasteiger partial charge in [-0.1, -0.05) is 30.3 Å². The average Bonchev–Trinajstić information content (AvgIpc) is 2.86. The summed E-state index contributed by atoms with van der Waals surface area (Å²) in [5.41, 5.74) is 7.90. The Morgan fingerprint density at radius 3 is 2.61 bits per heavy atom. The van der Waals surface area contributed by atoms with E-state index in [1.807, 2.05) is 37.4 Å². The predicted octanol–water partition coefficient (Wildman–Crippen LogP) is 3.29. The number of nitrogens with zero attached hydrogens (tertiary/aromatic N) is 1. The molecule has 2 rings (SSSR count). The Morgan fingerprint density at radius 2 is 2.06 bits per heavy atom. The monoisotopic (exact) mass is 262 g/mol. The number of nitrogens with two attached hydrogens (primary N) is 1. The van der Waals surface area contributed by atoms with Crippen molar-refractivity contribution in [3.05, 3.63) is 52.0 Å². The van der Waals surface area contributed by atoms with Crippen LogP contribution in [0, 0.1) is 0 Å². The van der Waals surface area contributed by atoms with Gasteiger partial charge in [0.25, 0.3) is 0 Å². The quantitative estimate of drug-likeness (QED) is 0.899. The lowest BCUT2D eigenvalue weighted by atomic mass is 10.1. The van der Waals surface area contributed by atoms with Gasteiger partial charge in [0.15, 0.2) is 0 Å². The molecule has 0 radical (unpaired) electrons.